The minimum atomic E-state index is 0.0404. The van der Waals surface area contributed by atoms with Gasteiger partial charge in [0.2, 0.25) is 11.8 Å². The Morgan fingerprint density at radius 3 is 2.19 bits per heavy atom. The molecule has 31 heavy (non-hydrogen) atoms. The van der Waals surface area contributed by atoms with Crippen LogP contribution < -0.4 is 5.32 Å². The highest BCUT2D eigenvalue weighted by Gasteiger charge is 2.36. The van der Waals surface area contributed by atoms with Gasteiger partial charge < -0.3 is 10.2 Å². The first kappa shape index (κ1) is 22.3. The smallest absolute Gasteiger partial charge is 0.238 e. The van der Waals surface area contributed by atoms with Crippen LogP contribution in [0.4, 0.5) is 5.69 Å². The average molecular weight is 427 g/mol. The van der Waals surface area contributed by atoms with Crippen LogP contribution in [0, 0.1) is 19.8 Å². The van der Waals surface area contributed by atoms with Crippen LogP contribution in [-0.4, -0.2) is 78.4 Å². The van der Waals surface area contributed by atoms with Gasteiger partial charge in [-0.15, -0.1) is 0 Å². The van der Waals surface area contributed by atoms with E-state index in [-0.39, 0.29) is 5.91 Å². The van der Waals surface area contributed by atoms with Gasteiger partial charge in [0, 0.05) is 44.5 Å². The first-order chi connectivity index (χ1) is 15.0. The van der Waals surface area contributed by atoms with Crippen molar-refractivity contribution >= 4 is 17.5 Å². The molecule has 4 rings (SSSR count). The predicted molar refractivity (Wildman–Crippen MR) is 124 cm³/mol. The van der Waals surface area contributed by atoms with Gasteiger partial charge in [0.1, 0.15) is 0 Å². The first-order valence-corrected chi connectivity index (χ1v) is 12.1. The summed E-state index contributed by atoms with van der Waals surface area (Å²) < 4.78 is 0. The SMILES string of the molecule is Cc1cccc(C)c1NC(=O)CN1CCN(CC(=O)N2CCC[C@@H]3CCCC[C@H]32)CC1. The summed E-state index contributed by atoms with van der Waals surface area (Å²) in [6.07, 6.45) is 7.57. The fourth-order valence-corrected chi connectivity index (χ4v) is 5.72. The maximum absolute atomic E-state index is 13.1. The molecular weight excluding hydrogens is 388 g/mol. The predicted octanol–water partition coefficient (Wildman–Crippen LogP) is 3.04. The lowest BCUT2D eigenvalue weighted by molar-refractivity contribution is -0.139. The highest BCUT2D eigenvalue weighted by Crippen LogP contribution is 2.35. The number of carbonyl (C=O) groups is 2. The van der Waals surface area contributed by atoms with Crippen LogP contribution in [0.2, 0.25) is 0 Å². The maximum Gasteiger partial charge on any atom is 0.238 e. The van der Waals surface area contributed by atoms with Crippen molar-refractivity contribution in [1.82, 2.24) is 14.7 Å². The van der Waals surface area contributed by atoms with Crippen LogP contribution in [0.25, 0.3) is 0 Å². The molecule has 170 valence electrons. The third kappa shape index (κ3) is 5.47. The molecule has 1 aromatic rings. The van der Waals surface area contributed by atoms with Gasteiger partial charge in [0.15, 0.2) is 0 Å². The van der Waals surface area contributed by atoms with E-state index in [2.05, 4.69) is 20.0 Å². The standard InChI is InChI=1S/C25H38N4O2/c1-19-7-5-8-20(2)25(19)26-23(30)17-27-13-15-28(16-14-27)18-24(31)29-12-6-10-21-9-3-4-11-22(21)29/h5,7-8,21-22H,3-4,6,9-18H2,1-2H3,(H,26,30)/t21-,22+/m0/s1. The molecule has 6 heteroatoms. The normalized spacial score (nSPS) is 25.2. The van der Waals surface area contributed by atoms with Gasteiger partial charge in [-0.25, -0.2) is 0 Å². The molecule has 0 unspecified atom stereocenters. The number of rotatable bonds is 5. The van der Waals surface area contributed by atoms with E-state index in [0.717, 1.165) is 61.9 Å². The number of piperazine rings is 1. The second kappa shape index (κ2) is 10.1. The lowest BCUT2D eigenvalue weighted by Gasteiger charge is -2.45. The van der Waals surface area contributed by atoms with E-state index in [9.17, 15) is 9.59 Å². The molecule has 0 aromatic heterocycles. The zero-order valence-electron chi connectivity index (χ0n) is 19.2. The van der Waals surface area contributed by atoms with E-state index in [1.165, 1.54) is 32.1 Å². The number of piperidine rings is 1. The van der Waals surface area contributed by atoms with Gasteiger partial charge in [-0.1, -0.05) is 31.0 Å². The summed E-state index contributed by atoms with van der Waals surface area (Å²) in [6, 6.07) is 6.55. The van der Waals surface area contributed by atoms with Crippen molar-refractivity contribution in [2.75, 3.05) is 51.1 Å². The number of aryl methyl sites for hydroxylation is 2. The number of amides is 2. The maximum atomic E-state index is 13.1. The van der Waals surface area contributed by atoms with Crippen LogP contribution in [0.1, 0.15) is 49.7 Å². The summed E-state index contributed by atoms with van der Waals surface area (Å²) in [7, 11) is 0. The summed E-state index contributed by atoms with van der Waals surface area (Å²) >= 11 is 0. The molecule has 2 saturated heterocycles. The molecule has 1 aliphatic carbocycles. The van der Waals surface area contributed by atoms with Crippen molar-refractivity contribution < 1.29 is 9.59 Å². The third-order valence-corrected chi connectivity index (χ3v) is 7.50. The van der Waals surface area contributed by atoms with E-state index >= 15 is 0 Å². The Labute approximate surface area is 187 Å². The largest absolute Gasteiger partial charge is 0.338 e. The third-order valence-electron chi connectivity index (χ3n) is 7.50. The molecule has 1 saturated carbocycles. The minimum Gasteiger partial charge on any atom is -0.338 e. The van der Waals surface area contributed by atoms with Crippen LogP contribution in [0.3, 0.4) is 0 Å². The van der Waals surface area contributed by atoms with Gasteiger partial charge in [-0.2, -0.15) is 0 Å². The van der Waals surface area contributed by atoms with Gasteiger partial charge in [0.25, 0.3) is 0 Å². The molecule has 2 amide bonds. The van der Waals surface area contributed by atoms with Crippen LogP contribution in [0.15, 0.2) is 18.2 Å². The fraction of sp³-hybridized carbons (Fsp3) is 0.680. The van der Waals surface area contributed by atoms with Crippen LogP contribution in [-0.2, 0) is 9.59 Å². The fourth-order valence-electron chi connectivity index (χ4n) is 5.72. The summed E-state index contributed by atoms with van der Waals surface area (Å²) in [4.78, 5) is 32.3. The highest BCUT2D eigenvalue weighted by molar-refractivity contribution is 5.93. The van der Waals surface area contributed by atoms with Gasteiger partial charge in [0.05, 0.1) is 13.1 Å². The number of nitrogens with zero attached hydrogens (tertiary/aromatic N) is 3. The topological polar surface area (TPSA) is 55.9 Å². The van der Waals surface area contributed by atoms with Crippen molar-refractivity contribution in [2.45, 2.75) is 58.4 Å². The zero-order valence-corrected chi connectivity index (χ0v) is 19.2. The molecule has 2 aliphatic heterocycles. The molecule has 1 aromatic carbocycles. The van der Waals surface area contributed by atoms with Crippen molar-refractivity contribution in [3.63, 3.8) is 0 Å². The molecule has 3 fully saturated rings. The van der Waals surface area contributed by atoms with E-state index < -0.39 is 0 Å². The Morgan fingerprint density at radius 1 is 0.871 bits per heavy atom. The minimum absolute atomic E-state index is 0.0404. The summed E-state index contributed by atoms with van der Waals surface area (Å²) in [6.45, 7) is 9.30. The lowest BCUT2D eigenvalue weighted by atomic mass is 9.78. The lowest BCUT2D eigenvalue weighted by Crippen LogP contribution is -2.55. The summed E-state index contributed by atoms with van der Waals surface area (Å²) in [5, 5.41) is 3.08. The molecule has 2 heterocycles. The summed E-state index contributed by atoms with van der Waals surface area (Å²) in [5.41, 5.74) is 3.11. The van der Waals surface area contributed by atoms with Gasteiger partial charge >= 0.3 is 0 Å². The van der Waals surface area contributed by atoms with Crippen molar-refractivity contribution in [1.29, 1.82) is 0 Å². The van der Waals surface area contributed by atoms with E-state index in [0.29, 0.717) is 25.0 Å². The number of hydrogen-bond donors (Lipinski definition) is 1. The van der Waals surface area contributed by atoms with E-state index in [4.69, 9.17) is 0 Å². The molecule has 2 atom stereocenters. The Hall–Kier alpha value is -1.92. The second-order valence-electron chi connectivity index (χ2n) is 9.71. The van der Waals surface area contributed by atoms with E-state index in [1.54, 1.807) is 0 Å². The van der Waals surface area contributed by atoms with Crippen molar-refractivity contribution in [3.8, 4) is 0 Å². The van der Waals surface area contributed by atoms with Crippen molar-refractivity contribution in [3.05, 3.63) is 29.3 Å². The Kier molecular flexibility index (Phi) is 7.28. The molecular formula is C25H38N4O2. The monoisotopic (exact) mass is 426 g/mol. The Morgan fingerprint density at radius 2 is 1.48 bits per heavy atom. The summed E-state index contributed by atoms with van der Waals surface area (Å²) in [5.74, 6) is 1.09. The van der Waals surface area contributed by atoms with Crippen LogP contribution in [0.5, 0.6) is 0 Å². The number of likely N-dealkylation sites (tertiary alicyclic amines) is 1. The number of nitrogens with one attached hydrogen (secondary N) is 1. The van der Waals surface area contributed by atoms with Crippen molar-refractivity contribution in [2.24, 2.45) is 5.92 Å². The number of anilines is 1. The molecule has 3 aliphatic rings. The molecule has 6 nitrogen and oxygen atoms in total. The van der Waals surface area contributed by atoms with E-state index in [1.807, 2.05) is 32.0 Å². The van der Waals surface area contributed by atoms with Gasteiger partial charge in [-0.05, 0) is 56.6 Å². The Balaban J connectivity index is 1.22. The van der Waals surface area contributed by atoms with Gasteiger partial charge in [-0.3, -0.25) is 19.4 Å². The number of para-hydroxylation sites is 1. The number of benzene rings is 1. The second-order valence-corrected chi connectivity index (χ2v) is 9.71. The molecule has 1 N–H and O–H groups in total. The zero-order chi connectivity index (χ0) is 21.8. The molecule has 0 bridgehead atoms. The number of fused-ring (bicyclic) bond motifs is 1. The van der Waals surface area contributed by atoms with Crippen LogP contribution >= 0.6 is 0 Å². The highest BCUT2D eigenvalue weighted by atomic mass is 16.2. The number of hydrogen-bond acceptors (Lipinski definition) is 4. The first-order valence-electron chi connectivity index (χ1n) is 12.1. The Bertz CT molecular complexity index is 765. The quantitative estimate of drug-likeness (QED) is 0.786. The number of carbonyl (C=O) groups excluding carboxylic acids is 2. The molecule has 0 spiro atoms. The molecule has 0 radical (unpaired) electrons. The average Bonchev–Trinajstić information content (AvgIpc) is 2.77.